The zero-order valence-corrected chi connectivity index (χ0v) is 14.3. The van der Waals surface area contributed by atoms with E-state index in [-0.39, 0.29) is 23.6 Å². The molecule has 9 heteroatoms. The fraction of sp³-hybridized carbons (Fsp3) is 0.0667. The molecule has 0 fully saturated rings. The number of halogens is 1. The molecule has 0 bridgehead atoms. The van der Waals surface area contributed by atoms with Crippen molar-refractivity contribution in [1.82, 2.24) is 5.43 Å². The van der Waals surface area contributed by atoms with Crippen molar-refractivity contribution >= 4 is 40.4 Å². The average molecular weight is 441 g/mol. The Hall–Kier alpha value is -2.69. The van der Waals surface area contributed by atoms with Crippen molar-refractivity contribution in [2.24, 2.45) is 5.10 Å². The van der Waals surface area contributed by atoms with E-state index in [1.807, 2.05) is 12.1 Å². The second-order valence-corrected chi connectivity index (χ2v) is 5.78. The lowest BCUT2D eigenvalue weighted by Gasteiger charge is -2.04. The minimum atomic E-state index is -0.593. The van der Waals surface area contributed by atoms with Crippen LogP contribution in [0.5, 0.6) is 11.5 Å². The number of amides is 1. The molecular weight excluding hydrogens is 429 g/mol. The molecule has 8 nitrogen and oxygen atoms in total. The molecule has 0 aliphatic rings. The molecule has 24 heavy (non-hydrogen) atoms. The summed E-state index contributed by atoms with van der Waals surface area (Å²) in [4.78, 5) is 21.7. The van der Waals surface area contributed by atoms with Crippen LogP contribution >= 0.6 is 22.6 Å². The maximum Gasteiger partial charge on any atom is 0.277 e. The predicted molar refractivity (Wildman–Crippen MR) is 95.2 cm³/mol. The van der Waals surface area contributed by atoms with Gasteiger partial charge in [-0.15, -0.1) is 0 Å². The number of phenolic OH excluding ortho intramolecular Hbond substituents is 1. The molecule has 0 aliphatic heterocycles. The lowest BCUT2D eigenvalue weighted by atomic mass is 10.2. The molecule has 0 atom stereocenters. The number of aromatic hydroxyl groups is 1. The van der Waals surface area contributed by atoms with Gasteiger partial charge in [0.05, 0.1) is 11.1 Å². The van der Waals surface area contributed by atoms with E-state index in [9.17, 15) is 20.0 Å². The monoisotopic (exact) mass is 441 g/mol. The summed E-state index contributed by atoms with van der Waals surface area (Å²) in [6.07, 6.45) is 1.12. The fourth-order valence-corrected chi connectivity index (χ4v) is 2.00. The van der Waals surface area contributed by atoms with Gasteiger partial charge in [-0.05, 0) is 52.9 Å². The van der Waals surface area contributed by atoms with Crippen LogP contribution in [0.1, 0.15) is 5.56 Å². The number of carbonyl (C=O) groups excluding carboxylic acids is 1. The Morgan fingerprint density at radius 1 is 1.33 bits per heavy atom. The Morgan fingerprint density at radius 2 is 2.04 bits per heavy atom. The number of non-ortho nitro benzene ring substituents is 1. The summed E-state index contributed by atoms with van der Waals surface area (Å²) in [6.45, 7) is -0.237. The molecule has 0 aromatic heterocycles. The normalized spacial score (nSPS) is 10.5. The van der Waals surface area contributed by atoms with Crippen molar-refractivity contribution < 1.29 is 19.6 Å². The smallest absolute Gasteiger partial charge is 0.277 e. The van der Waals surface area contributed by atoms with Crippen molar-refractivity contribution in [2.45, 2.75) is 0 Å². The molecule has 2 N–H and O–H groups in total. The summed E-state index contributed by atoms with van der Waals surface area (Å²) in [6, 6.07) is 10.7. The van der Waals surface area contributed by atoms with Gasteiger partial charge < -0.3 is 9.84 Å². The van der Waals surface area contributed by atoms with Gasteiger partial charge in [-0.1, -0.05) is 0 Å². The van der Waals surface area contributed by atoms with Gasteiger partial charge in [0.1, 0.15) is 11.5 Å². The molecule has 0 saturated carbocycles. The van der Waals surface area contributed by atoms with Gasteiger partial charge in [-0.25, -0.2) is 5.43 Å². The Bertz CT molecular complexity index is 777. The minimum Gasteiger partial charge on any atom is -0.507 e. The van der Waals surface area contributed by atoms with Gasteiger partial charge in [0.25, 0.3) is 11.6 Å². The molecule has 0 radical (unpaired) electrons. The topological polar surface area (TPSA) is 114 Å². The number of nitrogens with one attached hydrogen (secondary N) is 1. The third kappa shape index (κ3) is 5.19. The first-order chi connectivity index (χ1) is 11.5. The van der Waals surface area contributed by atoms with E-state index in [4.69, 9.17) is 4.74 Å². The van der Waals surface area contributed by atoms with Crippen LogP contribution in [-0.2, 0) is 4.79 Å². The van der Waals surface area contributed by atoms with Gasteiger partial charge in [0.15, 0.2) is 6.61 Å². The number of hydrogen-bond acceptors (Lipinski definition) is 6. The first kappa shape index (κ1) is 17.7. The summed E-state index contributed by atoms with van der Waals surface area (Å²) < 4.78 is 6.32. The number of nitro groups is 1. The summed E-state index contributed by atoms with van der Waals surface area (Å²) in [5, 5.41) is 23.9. The number of hydrogen-bond donors (Lipinski definition) is 2. The molecule has 124 valence electrons. The van der Waals surface area contributed by atoms with Crippen molar-refractivity contribution in [3.63, 3.8) is 0 Å². The molecule has 0 spiro atoms. The number of ether oxygens (including phenoxy) is 1. The zero-order chi connectivity index (χ0) is 17.5. The van der Waals surface area contributed by atoms with Crippen molar-refractivity contribution in [1.29, 1.82) is 0 Å². The molecule has 0 unspecified atom stereocenters. The number of nitro benzene ring substituents is 1. The zero-order valence-electron chi connectivity index (χ0n) is 12.2. The standard InChI is InChI=1S/C15H12IN3O5/c16-11-1-4-13(5-2-11)24-9-15(21)18-17-8-10-7-12(19(22)23)3-6-14(10)20/h1-8,20H,9H2,(H,18,21)/b17-8-. The Kier molecular flexibility index (Phi) is 6.07. The van der Waals surface area contributed by atoms with Crippen LogP contribution in [0.4, 0.5) is 5.69 Å². The van der Waals surface area contributed by atoms with Crippen LogP contribution in [0.25, 0.3) is 0 Å². The molecule has 0 saturated heterocycles. The van der Waals surface area contributed by atoms with E-state index in [2.05, 4.69) is 33.1 Å². The first-order valence-corrected chi connectivity index (χ1v) is 7.71. The average Bonchev–Trinajstić information content (AvgIpc) is 2.56. The highest BCUT2D eigenvalue weighted by atomic mass is 127. The maximum atomic E-state index is 11.6. The van der Waals surface area contributed by atoms with Gasteiger partial charge in [0, 0.05) is 21.3 Å². The highest BCUT2D eigenvalue weighted by molar-refractivity contribution is 14.1. The summed E-state index contributed by atoms with van der Waals surface area (Å²) in [7, 11) is 0. The Labute approximate surface area is 150 Å². The maximum absolute atomic E-state index is 11.6. The Morgan fingerprint density at radius 3 is 2.71 bits per heavy atom. The van der Waals surface area contributed by atoms with E-state index in [0.717, 1.165) is 15.9 Å². The van der Waals surface area contributed by atoms with Gasteiger partial charge in [0.2, 0.25) is 0 Å². The van der Waals surface area contributed by atoms with Crippen molar-refractivity contribution in [2.75, 3.05) is 6.61 Å². The molecule has 2 rings (SSSR count). The van der Waals surface area contributed by atoms with Gasteiger partial charge in [-0.3, -0.25) is 14.9 Å². The summed E-state index contributed by atoms with van der Waals surface area (Å²) >= 11 is 2.15. The van der Waals surface area contributed by atoms with E-state index in [1.165, 1.54) is 12.1 Å². The second-order valence-electron chi connectivity index (χ2n) is 4.54. The molecular formula is C15H12IN3O5. The lowest BCUT2D eigenvalue weighted by molar-refractivity contribution is -0.384. The number of nitrogens with zero attached hydrogens (tertiary/aromatic N) is 2. The quantitative estimate of drug-likeness (QED) is 0.310. The lowest BCUT2D eigenvalue weighted by Crippen LogP contribution is -2.24. The van der Waals surface area contributed by atoms with Gasteiger partial charge >= 0.3 is 0 Å². The van der Waals surface area contributed by atoms with Crippen molar-refractivity contribution in [3.05, 3.63) is 61.7 Å². The van der Waals surface area contributed by atoms with E-state index in [1.54, 1.807) is 12.1 Å². The summed E-state index contributed by atoms with van der Waals surface area (Å²) in [5.74, 6) is -0.144. The number of carbonyl (C=O) groups is 1. The SMILES string of the molecule is O=C(COc1ccc(I)cc1)N/N=C\c1cc([N+](=O)[O-])ccc1O. The first-order valence-electron chi connectivity index (χ1n) is 6.63. The fourth-order valence-electron chi connectivity index (χ4n) is 1.64. The molecule has 2 aromatic rings. The number of rotatable bonds is 6. The third-order valence-electron chi connectivity index (χ3n) is 2.80. The van der Waals surface area contributed by atoms with Crippen molar-refractivity contribution in [3.8, 4) is 11.5 Å². The number of hydrazone groups is 1. The van der Waals surface area contributed by atoms with E-state index >= 15 is 0 Å². The van der Waals surface area contributed by atoms with Crippen LogP contribution in [-0.4, -0.2) is 28.8 Å². The van der Waals surface area contributed by atoms with Crippen LogP contribution in [0, 0.1) is 13.7 Å². The van der Waals surface area contributed by atoms with E-state index < -0.39 is 10.8 Å². The molecule has 0 heterocycles. The molecule has 0 aliphatic carbocycles. The second kappa shape index (κ2) is 8.24. The summed E-state index contributed by atoms with van der Waals surface area (Å²) in [5.41, 5.74) is 2.13. The minimum absolute atomic E-state index is 0.114. The van der Waals surface area contributed by atoms with E-state index in [0.29, 0.717) is 5.75 Å². The highest BCUT2D eigenvalue weighted by Crippen LogP contribution is 2.21. The number of phenols is 1. The van der Waals surface area contributed by atoms with Crippen LogP contribution in [0.15, 0.2) is 47.6 Å². The Balaban J connectivity index is 1.89. The number of benzene rings is 2. The highest BCUT2D eigenvalue weighted by Gasteiger charge is 2.09. The molecule has 2 aromatic carbocycles. The van der Waals surface area contributed by atoms with Gasteiger partial charge in [-0.2, -0.15) is 5.10 Å². The molecule has 1 amide bonds. The third-order valence-corrected chi connectivity index (χ3v) is 3.52. The van der Waals surface area contributed by atoms with Crippen LogP contribution < -0.4 is 10.2 Å². The largest absolute Gasteiger partial charge is 0.507 e. The van der Waals surface area contributed by atoms with Crippen LogP contribution in [0.2, 0.25) is 0 Å². The predicted octanol–water partition coefficient (Wildman–Crippen LogP) is 2.43. The van der Waals surface area contributed by atoms with Crippen LogP contribution in [0.3, 0.4) is 0 Å².